The molecule has 0 aliphatic heterocycles. The topological polar surface area (TPSA) is 9.86 Å². The Morgan fingerprint density at radius 1 is 0.519 bits per heavy atom. The molecule has 0 spiro atoms. The van der Waals surface area contributed by atoms with Crippen molar-refractivity contribution in [3.05, 3.63) is 116 Å². The maximum absolute atomic E-state index is 3.95. The number of hydrogen-bond acceptors (Lipinski definition) is 0. The molecule has 2 aliphatic rings. The van der Waals surface area contributed by atoms with Gasteiger partial charge in [-0.2, -0.15) is 0 Å². The first-order valence-electron chi connectivity index (χ1n) is 20.4. The highest BCUT2D eigenvalue weighted by Gasteiger charge is 2.28. The molecule has 0 amide bonds. The van der Waals surface area contributed by atoms with Crippen molar-refractivity contribution in [2.75, 3.05) is 0 Å². The van der Waals surface area contributed by atoms with E-state index in [1.165, 1.54) is 155 Å². The average Bonchev–Trinajstić information content (AvgIpc) is 3.69. The zero-order valence-electron chi connectivity index (χ0n) is 31.2. The number of para-hydroxylation sites is 2. The van der Waals surface area contributed by atoms with Gasteiger partial charge in [0.1, 0.15) is 0 Å². The van der Waals surface area contributed by atoms with Gasteiger partial charge in [0.25, 0.3) is 0 Å². The van der Waals surface area contributed by atoms with Gasteiger partial charge in [0.2, 0.25) is 0 Å². The van der Waals surface area contributed by atoms with Crippen molar-refractivity contribution in [2.24, 2.45) is 11.8 Å². The summed E-state index contributed by atoms with van der Waals surface area (Å²) >= 11 is 7.91. The standard InChI is InChI=1S/C48H54Br2N2/c1-3-5-7-9-13-33-19-29-45-41(31-33)39-15-11-17-43(49)47(39)51(45)37-25-21-35(22-26-37)36-23-27-38(28-24-36)52-46-30-20-34(14-10-8-6-4-2)32-42(46)40-16-12-18-44(50)48(40)52/h11-12,15-18,21-28,33-34H,3-10,13-14,19-20,29-32H2,1-2H3. The molecule has 0 saturated carbocycles. The minimum atomic E-state index is 0.807. The normalized spacial score (nSPS) is 17.2. The first-order chi connectivity index (χ1) is 25.6. The fraction of sp³-hybridized carbons (Fsp3) is 0.417. The average molecular weight is 819 g/mol. The molecule has 2 unspecified atom stereocenters. The van der Waals surface area contributed by atoms with Crippen LogP contribution in [0, 0.1) is 11.8 Å². The zero-order valence-corrected chi connectivity index (χ0v) is 34.4. The number of benzene rings is 4. The van der Waals surface area contributed by atoms with Crippen molar-refractivity contribution in [3.8, 4) is 22.5 Å². The van der Waals surface area contributed by atoms with Crippen LogP contribution in [0.15, 0.2) is 93.9 Å². The minimum Gasteiger partial charge on any atom is -0.312 e. The van der Waals surface area contributed by atoms with Gasteiger partial charge < -0.3 is 9.13 Å². The second kappa shape index (κ2) is 16.1. The lowest BCUT2D eigenvalue weighted by atomic mass is 9.83. The van der Waals surface area contributed by atoms with E-state index >= 15 is 0 Å². The molecule has 0 saturated heterocycles. The van der Waals surface area contributed by atoms with Crippen LogP contribution in [0.1, 0.15) is 113 Å². The van der Waals surface area contributed by atoms with Crippen LogP contribution in [-0.2, 0) is 25.7 Å². The van der Waals surface area contributed by atoms with Crippen molar-refractivity contribution in [3.63, 3.8) is 0 Å². The summed E-state index contributed by atoms with van der Waals surface area (Å²) in [5.74, 6) is 1.61. The number of halogens is 2. The van der Waals surface area contributed by atoms with E-state index in [-0.39, 0.29) is 0 Å². The molecule has 0 radical (unpaired) electrons. The molecule has 2 atom stereocenters. The molecule has 0 fully saturated rings. The van der Waals surface area contributed by atoms with Crippen molar-refractivity contribution < 1.29 is 0 Å². The van der Waals surface area contributed by atoms with Crippen molar-refractivity contribution in [2.45, 2.75) is 117 Å². The fourth-order valence-electron chi connectivity index (χ4n) is 9.66. The lowest BCUT2D eigenvalue weighted by Crippen LogP contribution is -2.16. The van der Waals surface area contributed by atoms with Crippen LogP contribution in [0.4, 0.5) is 0 Å². The molecule has 4 heteroatoms. The summed E-state index contributed by atoms with van der Waals surface area (Å²) in [5, 5.41) is 2.85. The second-order valence-corrected chi connectivity index (χ2v) is 17.5. The number of unbranched alkanes of at least 4 members (excludes halogenated alkanes) is 6. The summed E-state index contributed by atoms with van der Waals surface area (Å²) in [6.07, 6.45) is 20.9. The molecule has 270 valence electrons. The van der Waals surface area contributed by atoms with Gasteiger partial charge in [-0.05, 0) is 141 Å². The maximum Gasteiger partial charge on any atom is 0.0676 e. The predicted molar refractivity (Wildman–Crippen MR) is 229 cm³/mol. The first kappa shape index (κ1) is 35.9. The molecule has 0 N–H and O–H groups in total. The molecule has 52 heavy (non-hydrogen) atoms. The van der Waals surface area contributed by atoms with Gasteiger partial charge in [-0.3, -0.25) is 0 Å². The third-order valence-corrected chi connectivity index (χ3v) is 13.7. The predicted octanol–water partition coefficient (Wildman–Crippen LogP) is 14.9. The molecule has 2 nitrogen and oxygen atoms in total. The lowest BCUT2D eigenvalue weighted by Gasteiger charge is -2.24. The smallest absolute Gasteiger partial charge is 0.0676 e. The Labute approximate surface area is 328 Å². The Hall–Kier alpha value is -3.08. The molecular formula is C48H54Br2N2. The Morgan fingerprint density at radius 3 is 1.35 bits per heavy atom. The molecule has 2 heterocycles. The quantitative estimate of drug-likeness (QED) is 0.103. The Balaban J connectivity index is 1.06. The monoisotopic (exact) mass is 816 g/mol. The summed E-state index contributed by atoms with van der Waals surface area (Å²) in [4.78, 5) is 0. The summed E-state index contributed by atoms with van der Waals surface area (Å²) < 4.78 is 7.49. The number of hydrogen-bond donors (Lipinski definition) is 0. The summed E-state index contributed by atoms with van der Waals surface area (Å²) in [7, 11) is 0. The highest BCUT2D eigenvalue weighted by molar-refractivity contribution is 9.11. The molecule has 0 bridgehead atoms. The summed E-state index contributed by atoms with van der Waals surface area (Å²) in [6.45, 7) is 4.62. The van der Waals surface area contributed by atoms with Crippen LogP contribution in [0.25, 0.3) is 44.3 Å². The molecule has 2 aromatic heterocycles. The van der Waals surface area contributed by atoms with E-state index in [1.54, 1.807) is 11.1 Å². The Kier molecular flexibility index (Phi) is 11.1. The SMILES string of the molecule is CCCCCCC1CCc2c(c3cccc(Br)c3n2-c2ccc(-c3ccc(-n4c5c(c6cccc(Br)c64)CC(CCCCCC)CC5)cc3)cc2)C1. The van der Waals surface area contributed by atoms with Crippen LogP contribution >= 0.6 is 31.9 Å². The van der Waals surface area contributed by atoms with Gasteiger partial charge in [-0.15, -0.1) is 0 Å². The molecular weight excluding hydrogens is 764 g/mol. The summed E-state index contributed by atoms with van der Waals surface area (Å²) in [6, 6.07) is 32.2. The zero-order chi connectivity index (χ0) is 35.6. The molecule has 6 aromatic rings. The summed E-state index contributed by atoms with van der Waals surface area (Å²) in [5.41, 5.74) is 13.9. The van der Waals surface area contributed by atoms with E-state index in [2.05, 4.69) is 140 Å². The number of rotatable bonds is 13. The van der Waals surface area contributed by atoms with Gasteiger partial charge in [0.15, 0.2) is 0 Å². The van der Waals surface area contributed by atoms with Crippen LogP contribution in [0.2, 0.25) is 0 Å². The third kappa shape index (κ3) is 7.00. The van der Waals surface area contributed by atoms with Gasteiger partial charge in [0.05, 0.1) is 11.0 Å². The largest absolute Gasteiger partial charge is 0.312 e. The first-order valence-corrected chi connectivity index (χ1v) is 22.0. The van der Waals surface area contributed by atoms with Crippen LogP contribution in [-0.4, -0.2) is 9.13 Å². The van der Waals surface area contributed by atoms with Crippen molar-refractivity contribution >= 4 is 53.7 Å². The fourth-order valence-corrected chi connectivity index (χ4v) is 10.7. The van der Waals surface area contributed by atoms with Crippen LogP contribution < -0.4 is 0 Å². The van der Waals surface area contributed by atoms with Crippen LogP contribution in [0.3, 0.4) is 0 Å². The number of nitrogens with zero attached hydrogens (tertiary/aromatic N) is 2. The van der Waals surface area contributed by atoms with Crippen molar-refractivity contribution in [1.82, 2.24) is 9.13 Å². The highest BCUT2D eigenvalue weighted by atomic mass is 79.9. The lowest BCUT2D eigenvalue weighted by molar-refractivity contribution is 0.403. The Morgan fingerprint density at radius 2 is 0.942 bits per heavy atom. The van der Waals surface area contributed by atoms with E-state index in [1.807, 2.05) is 0 Å². The van der Waals surface area contributed by atoms with E-state index in [4.69, 9.17) is 0 Å². The highest BCUT2D eigenvalue weighted by Crippen LogP contribution is 2.42. The van der Waals surface area contributed by atoms with E-state index in [9.17, 15) is 0 Å². The van der Waals surface area contributed by atoms with Gasteiger partial charge in [-0.25, -0.2) is 0 Å². The van der Waals surface area contributed by atoms with Gasteiger partial charge >= 0.3 is 0 Å². The number of aromatic nitrogens is 2. The van der Waals surface area contributed by atoms with E-state index < -0.39 is 0 Å². The second-order valence-electron chi connectivity index (χ2n) is 15.8. The Bertz CT molecular complexity index is 1990. The van der Waals surface area contributed by atoms with Crippen molar-refractivity contribution in [1.29, 1.82) is 0 Å². The van der Waals surface area contributed by atoms with Gasteiger partial charge in [0, 0.05) is 42.5 Å². The minimum absolute atomic E-state index is 0.807. The molecule has 4 aromatic carbocycles. The third-order valence-electron chi connectivity index (χ3n) is 12.4. The van der Waals surface area contributed by atoms with Crippen LogP contribution in [0.5, 0.6) is 0 Å². The van der Waals surface area contributed by atoms with E-state index in [0.717, 1.165) is 24.7 Å². The van der Waals surface area contributed by atoms with Gasteiger partial charge in [-0.1, -0.05) is 127 Å². The number of fused-ring (bicyclic) bond motifs is 6. The molecule has 8 rings (SSSR count). The molecule has 2 aliphatic carbocycles. The van der Waals surface area contributed by atoms with E-state index in [0.29, 0.717) is 0 Å². The maximum atomic E-state index is 3.95.